The monoisotopic (exact) mass is 436 g/mol. The standard InChI is InChI=1S/C26H32N2O2S/c1-4-5-11-22-23-13-12-21(30-3)17-25(23)31-24(22)14-15-26(29)28-19(2)8-6-9-20-10-7-16-27-18-20/h7,10,12-19H,4-6,8-9,11H2,1-3H3,(H,28,29)/b15-14+/t19-/m1/s1. The summed E-state index contributed by atoms with van der Waals surface area (Å²) in [4.78, 5) is 17.8. The first kappa shape index (κ1) is 23.0. The van der Waals surface area contributed by atoms with Crippen molar-refractivity contribution in [2.45, 2.75) is 58.4 Å². The van der Waals surface area contributed by atoms with Gasteiger partial charge in [0.15, 0.2) is 0 Å². The maximum Gasteiger partial charge on any atom is 0.244 e. The number of hydrogen-bond donors (Lipinski definition) is 1. The number of aromatic nitrogens is 1. The van der Waals surface area contributed by atoms with Crippen molar-refractivity contribution in [2.75, 3.05) is 7.11 Å². The summed E-state index contributed by atoms with van der Waals surface area (Å²) in [7, 11) is 1.69. The molecule has 0 saturated heterocycles. The minimum absolute atomic E-state index is 0.0367. The molecule has 1 aromatic carbocycles. The van der Waals surface area contributed by atoms with E-state index in [-0.39, 0.29) is 11.9 Å². The molecule has 31 heavy (non-hydrogen) atoms. The second kappa shape index (κ2) is 11.7. The number of carbonyl (C=O) groups is 1. The van der Waals surface area contributed by atoms with E-state index in [0.29, 0.717) is 0 Å². The third-order valence-electron chi connectivity index (χ3n) is 5.41. The summed E-state index contributed by atoms with van der Waals surface area (Å²) in [5, 5.41) is 4.36. The molecule has 0 aliphatic heterocycles. The summed E-state index contributed by atoms with van der Waals surface area (Å²) in [6, 6.07) is 10.4. The van der Waals surface area contributed by atoms with Gasteiger partial charge in [-0.1, -0.05) is 19.4 Å². The molecule has 0 saturated carbocycles. The molecule has 0 aliphatic carbocycles. The summed E-state index contributed by atoms with van der Waals surface area (Å²) < 4.78 is 6.58. The molecule has 2 aromatic heterocycles. The first-order valence-corrected chi connectivity index (χ1v) is 11.9. The minimum atomic E-state index is -0.0367. The van der Waals surface area contributed by atoms with E-state index in [0.717, 1.165) is 49.2 Å². The molecule has 0 fully saturated rings. The summed E-state index contributed by atoms with van der Waals surface area (Å²) in [5.74, 6) is 0.828. The van der Waals surface area contributed by atoms with Gasteiger partial charge in [-0.25, -0.2) is 0 Å². The van der Waals surface area contributed by atoms with Crippen LogP contribution in [0, 0.1) is 0 Å². The number of rotatable bonds is 11. The van der Waals surface area contributed by atoms with Crippen LogP contribution in [0.25, 0.3) is 16.2 Å². The van der Waals surface area contributed by atoms with Gasteiger partial charge in [0.2, 0.25) is 5.91 Å². The number of methoxy groups -OCH3 is 1. The van der Waals surface area contributed by atoms with Crippen molar-refractivity contribution in [1.82, 2.24) is 10.3 Å². The van der Waals surface area contributed by atoms with Crippen molar-refractivity contribution in [3.8, 4) is 5.75 Å². The maximum absolute atomic E-state index is 12.5. The van der Waals surface area contributed by atoms with Gasteiger partial charge in [-0.05, 0) is 85.9 Å². The quantitative estimate of drug-likeness (QED) is 0.365. The molecule has 0 bridgehead atoms. The number of amides is 1. The van der Waals surface area contributed by atoms with Crippen molar-refractivity contribution in [3.63, 3.8) is 0 Å². The highest BCUT2D eigenvalue weighted by molar-refractivity contribution is 7.20. The van der Waals surface area contributed by atoms with E-state index in [1.54, 1.807) is 30.7 Å². The Hall–Kier alpha value is -2.66. The lowest BCUT2D eigenvalue weighted by molar-refractivity contribution is -0.117. The van der Waals surface area contributed by atoms with E-state index in [2.05, 4.69) is 42.3 Å². The van der Waals surface area contributed by atoms with Gasteiger partial charge >= 0.3 is 0 Å². The fourth-order valence-electron chi connectivity index (χ4n) is 3.70. The first-order chi connectivity index (χ1) is 15.1. The van der Waals surface area contributed by atoms with Crippen LogP contribution in [0.3, 0.4) is 0 Å². The van der Waals surface area contributed by atoms with Gasteiger partial charge in [0.05, 0.1) is 7.11 Å². The van der Waals surface area contributed by atoms with Gasteiger partial charge in [0, 0.05) is 34.1 Å². The second-order valence-corrected chi connectivity index (χ2v) is 8.99. The van der Waals surface area contributed by atoms with Crippen molar-refractivity contribution in [2.24, 2.45) is 0 Å². The Kier molecular flexibility index (Phi) is 8.65. The molecule has 164 valence electrons. The van der Waals surface area contributed by atoms with Crippen LogP contribution >= 0.6 is 11.3 Å². The third-order valence-corrected chi connectivity index (χ3v) is 6.57. The Bertz CT molecular complexity index is 1010. The molecule has 0 spiro atoms. The lowest BCUT2D eigenvalue weighted by Gasteiger charge is -2.12. The van der Waals surface area contributed by atoms with E-state index in [4.69, 9.17) is 4.74 Å². The Morgan fingerprint density at radius 2 is 2.13 bits per heavy atom. The highest BCUT2D eigenvalue weighted by Crippen LogP contribution is 2.35. The normalized spacial score (nSPS) is 12.4. The molecule has 3 aromatic rings. The molecule has 1 atom stereocenters. The number of pyridine rings is 1. The second-order valence-electron chi connectivity index (χ2n) is 7.91. The number of nitrogens with one attached hydrogen (secondary N) is 1. The van der Waals surface area contributed by atoms with Gasteiger partial charge in [-0.2, -0.15) is 0 Å². The van der Waals surface area contributed by atoms with Gasteiger partial charge < -0.3 is 10.1 Å². The number of aryl methyl sites for hydroxylation is 2. The van der Waals surface area contributed by atoms with Crippen LogP contribution in [-0.2, 0) is 17.6 Å². The Morgan fingerprint density at radius 3 is 2.87 bits per heavy atom. The van der Waals surface area contributed by atoms with Crippen molar-refractivity contribution in [3.05, 3.63) is 64.8 Å². The lowest BCUT2D eigenvalue weighted by Crippen LogP contribution is -2.31. The van der Waals surface area contributed by atoms with Gasteiger partial charge in [-0.15, -0.1) is 11.3 Å². The zero-order chi connectivity index (χ0) is 22.1. The largest absolute Gasteiger partial charge is 0.497 e. The van der Waals surface area contributed by atoms with Crippen molar-refractivity contribution < 1.29 is 9.53 Å². The lowest BCUT2D eigenvalue weighted by atomic mass is 10.0. The van der Waals surface area contributed by atoms with Gasteiger partial charge in [0.25, 0.3) is 0 Å². The summed E-state index contributed by atoms with van der Waals surface area (Å²) >= 11 is 1.72. The molecule has 2 heterocycles. The van der Waals surface area contributed by atoms with Gasteiger partial charge in [-0.3, -0.25) is 9.78 Å². The van der Waals surface area contributed by atoms with Crippen LogP contribution < -0.4 is 10.1 Å². The minimum Gasteiger partial charge on any atom is -0.497 e. The highest BCUT2D eigenvalue weighted by atomic mass is 32.1. The predicted octanol–water partition coefficient (Wildman–Crippen LogP) is 6.19. The van der Waals surface area contributed by atoms with Crippen LogP contribution in [0.2, 0.25) is 0 Å². The van der Waals surface area contributed by atoms with Crippen LogP contribution in [0.5, 0.6) is 5.75 Å². The summed E-state index contributed by atoms with van der Waals surface area (Å²) in [6.07, 6.45) is 13.6. The number of hydrogen-bond acceptors (Lipinski definition) is 4. The number of nitrogens with zero attached hydrogens (tertiary/aromatic N) is 1. The number of ether oxygens (including phenoxy) is 1. The summed E-state index contributed by atoms with van der Waals surface area (Å²) in [6.45, 7) is 4.27. The molecular weight excluding hydrogens is 404 g/mol. The van der Waals surface area contributed by atoms with E-state index >= 15 is 0 Å². The molecule has 1 N–H and O–H groups in total. The molecule has 1 amide bonds. The van der Waals surface area contributed by atoms with Gasteiger partial charge in [0.1, 0.15) is 5.75 Å². The van der Waals surface area contributed by atoms with Crippen LogP contribution in [0.4, 0.5) is 0 Å². The van der Waals surface area contributed by atoms with E-state index in [1.165, 1.54) is 21.2 Å². The Labute approximate surface area is 189 Å². The first-order valence-electron chi connectivity index (χ1n) is 11.1. The zero-order valence-electron chi connectivity index (χ0n) is 18.7. The number of thiophene rings is 1. The highest BCUT2D eigenvalue weighted by Gasteiger charge is 2.12. The number of carbonyl (C=O) groups excluding carboxylic acids is 1. The molecule has 3 rings (SSSR count). The maximum atomic E-state index is 12.5. The average molecular weight is 437 g/mol. The molecule has 4 nitrogen and oxygen atoms in total. The van der Waals surface area contributed by atoms with E-state index in [1.807, 2.05) is 24.4 Å². The molecule has 5 heteroatoms. The average Bonchev–Trinajstić information content (AvgIpc) is 3.13. The van der Waals surface area contributed by atoms with Crippen LogP contribution in [0.15, 0.2) is 48.8 Å². The van der Waals surface area contributed by atoms with E-state index in [9.17, 15) is 4.79 Å². The third kappa shape index (κ3) is 6.66. The van der Waals surface area contributed by atoms with Crippen molar-refractivity contribution in [1.29, 1.82) is 0 Å². The smallest absolute Gasteiger partial charge is 0.244 e. The number of benzene rings is 1. The molecule has 0 aliphatic rings. The summed E-state index contributed by atoms with van der Waals surface area (Å²) in [5.41, 5.74) is 2.57. The molecule has 0 radical (unpaired) electrons. The van der Waals surface area contributed by atoms with Crippen LogP contribution in [-0.4, -0.2) is 24.0 Å². The fourth-order valence-corrected chi connectivity index (χ4v) is 4.88. The SMILES string of the molecule is CCCCc1c(/C=C/C(=O)N[C@H](C)CCCc2cccnc2)sc2cc(OC)ccc12. The topological polar surface area (TPSA) is 51.2 Å². The molecule has 0 unspecified atom stereocenters. The number of unbranched alkanes of at least 4 members (excludes halogenated alkanes) is 1. The van der Waals surface area contributed by atoms with Crippen LogP contribution in [0.1, 0.15) is 55.5 Å². The van der Waals surface area contributed by atoms with Crippen molar-refractivity contribution >= 4 is 33.4 Å². The Morgan fingerprint density at radius 1 is 1.26 bits per heavy atom. The molecular formula is C26H32N2O2S. The fraction of sp³-hybridized carbons (Fsp3) is 0.385. The Balaban J connectivity index is 1.60. The van der Waals surface area contributed by atoms with E-state index < -0.39 is 0 Å². The number of fused-ring (bicyclic) bond motifs is 1. The zero-order valence-corrected chi connectivity index (χ0v) is 19.5. The predicted molar refractivity (Wildman–Crippen MR) is 131 cm³/mol.